The van der Waals surface area contributed by atoms with Crippen LogP contribution >= 0.6 is 0 Å². The molecule has 30 heavy (non-hydrogen) atoms. The van der Waals surface area contributed by atoms with E-state index in [0.29, 0.717) is 29.9 Å². The first-order chi connectivity index (χ1) is 14.5. The van der Waals surface area contributed by atoms with Gasteiger partial charge in [-0.2, -0.15) is 0 Å². The molecule has 7 heteroatoms. The molecule has 2 aromatic heterocycles. The quantitative estimate of drug-likeness (QED) is 0.657. The molecule has 0 fully saturated rings. The molecule has 0 atom stereocenters. The normalized spacial score (nSPS) is 14.5. The number of aromatic nitrogens is 2. The number of pyridine rings is 2. The Morgan fingerprint density at radius 3 is 2.80 bits per heavy atom. The molecule has 3 heterocycles. The minimum Gasteiger partial charge on any atom is -0.508 e. The van der Waals surface area contributed by atoms with Crippen molar-refractivity contribution in [3.8, 4) is 5.75 Å². The Hall–Kier alpha value is -4.00. The van der Waals surface area contributed by atoms with Gasteiger partial charge in [-0.15, -0.1) is 0 Å². The van der Waals surface area contributed by atoms with Crippen molar-refractivity contribution in [2.24, 2.45) is 0 Å². The summed E-state index contributed by atoms with van der Waals surface area (Å²) >= 11 is 0. The Balaban J connectivity index is 1.57. The topological polar surface area (TPSA) is 95.4 Å². The van der Waals surface area contributed by atoms with Gasteiger partial charge in [0.1, 0.15) is 11.4 Å². The molecule has 2 amide bonds. The van der Waals surface area contributed by atoms with Crippen LogP contribution in [-0.2, 0) is 17.8 Å². The molecule has 150 valence electrons. The molecule has 4 rings (SSSR count). The van der Waals surface area contributed by atoms with Crippen LogP contribution in [0.5, 0.6) is 5.75 Å². The maximum absolute atomic E-state index is 12.7. The molecule has 0 bridgehead atoms. The molecule has 0 radical (unpaired) electrons. The number of amides is 2. The lowest BCUT2D eigenvalue weighted by atomic mass is 9.95. The highest BCUT2D eigenvalue weighted by Gasteiger charge is 2.27. The number of rotatable bonds is 4. The van der Waals surface area contributed by atoms with Crippen molar-refractivity contribution in [3.63, 3.8) is 0 Å². The van der Waals surface area contributed by atoms with E-state index in [4.69, 9.17) is 0 Å². The SMILES string of the molecule is CN1C(=O)/C(=C\c2cccc(O)c2)Cc2cc(C(=O)NCc3ccncc3)ncc21. The summed E-state index contributed by atoms with van der Waals surface area (Å²) in [5.74, 6) is -0.283. The Labute approximate surface area is 173 Å². The molecule has 7 nitrogen and oxygen atoms in total. The van der Waals surface area contributed by atoms with Gasteiger partial charge in [0, 0.05) is 38.0 Å². The van der Waals surface area contributed by atoms with Crippen LogP contribution in [0.2, 0.25) is 0 Å². The van der Waals surface area contributed by atoms with Crippen molar-refractivity contribution < 1.29 is 14.7 Å². The number of phenols is 1. The maximum atomic E-state index is 12.7. The number of hydrogen-bond donors (Lipinski definition) is 2. The van der Waals surface area contributed by atoms with Crippen molar-refractivity contribution >= 4 is 23.6 Å². The highest BCUT2D eigenvalue weighted by Crippen LogP contribution is 2.30. The molecule has 1 aromatic carbocycles. The number of phenolic OH excluding ortho intramolecular Hbond substituents is 1. The van der Waals surface area contributed by atoms with Gasteiger partial charge in [-0.25, -0.2) is 4.98 Å². The second kappa shape index (κ2) is 8.16. The number of aromatic hydroxyl groups is 1. The van der Waals surface area contributed by atoms with Crippen LogP contribution in [0.4, 0.5) is 5.69 Å². The number of benzene rings is 1. The van der Waals surface area contributed by atoms with E-state index in [1.54, 1.807) is 56.0 Å². The van der Waals surface area contributed by atoms with E-state index in [1.807, 2.05) is 18.2 Å². The number of anilines is 1. The molecule has 0 spiro atoms. The van der Waals surface area contributed by atoms with E-state index < -0.39 is 0 Å². The largest absolute Gasteiger partial charge is 0.508 e. The van der Waals surface area contributed by atoms with E-state index in [-0.39, 0.29) is 17.6 Å². The van der Waals surface area contributed by atoms with Crippen molar-refractivity contribution in [2.75, 3.05) is 11.9 Å². The zero-order valence-electron chi connectivity index (χ0n) is 16.4. The maximum Gasteiger partial charge on any atom is 0.270 e. The van der Waals surface area contributed by atoms with Crippen LogP contribution in [0.15, 0.2) is 66.6 Å². The average molecular weight is 400 g/mol. The lowest BCUT2D eigenvalue weighted by molar-refractivity contribution is -0.115. The standard InChI is InChI=1S/C23H20N4O3/c1-27-21-14-25-20(22(29)26-13-15-5-7-24-8-6-15)12-17(21)11-18(23(27)30)9-16-3-2-4-19(28)10-16/h2-10,12,14,28H,11,13H2,1H3,(H,26,29)/b18-9-. The first kappa shape index (κ1) is 19.3. The fourth-order valence-corrected chi connectivity index (χ4v) is 3.37. The number of likely N-dealkylation sites (N-methyl/N-ethyl adjacent to an activating group) is 1. The summed E-state index contributed by atoms with van der Waals surface area (Å²) in [5, 5.41) is 12.5. The molecule has 1 aliphatic heterocycles. The van der Waals surface area contributed by atoms with Gasteiger partial charge in [0.2, 0.25) is 0 Å². The molecule has 3 aromatic rings. The Morgan fingerprint density at radius 1 is 1.23 bits per heavy atom. The van der Waals surface area contributed by atoms with Crippen LogP contribution < -0.4 is 10.2 Å². The van der Waals surface area contributed by atoms with Gasteiger partial charge in [0.15, 0.2) is 0 Å². The fourth-order valence-electron chi connectivity index (χ4n) is 3.37. The minimum absolute atomic E-state index is 0.137. The number of hydrogen-bond acceptors (Lipinski definition) is 5. The van der Waals surface area contributed by atoms with Crippen molar-refractivity contribution in [1.29, 1.82) is 0 Å². The number of carbonyl (C=O) groups excluding carboxylic acids is 2. The summed E-state index contributed by atoms with van der Waals surface area (Å²) in [6.45, 7) is 0.376. The molecule has 0 unspecified atom stereocenters. The first-order valence-electron chi connectivity index (χ1n) is 9.45. The van der Waals surface area contributed by atoms with E-state index in [0.717, 1.165) is 16.7 Å². The lowest BCUT2D eigenvalue weighted by Crippen LogP contribution is -2.34. The number of nitrogens with one attached hydrogen (secondary N) is 1. The summed E-state index contributed by atoms with van der Waals surface area (Å²) in [7, 11) is 1.68. The van der Waals surface area contributed by atoms with Crippen LogP contribution in [-0.4, -0.2) is 33.9 Å². The Morgan fingerprint density at radius 2 is 2.03 bits per heavy atom. The second-order valence-corrected chi connectivity index (χ2v) is 7.04. The third kappa shape index (κ3) is 4.05. The highest BCUT2D eigenvalue weighted by molar-refractivity contribution is 6.11. The third-order valence-corrected chi connectivity index (χ3v) is 4.93. The second-order valence-electron chi connectivity index (χ2n) is 7.04. The predicted molar refractivity (Wildman–Crippen MR) is 113 cm³/mol. The van der Waals surface area contributed by atoms with E-state index in [2.05, 4.69) is 15.3 Å². The summed E-state index contributed by atoms with van der Waals surface area (Å²) in [4.78, 5) is 35.0. The number of fused-ring (bicyclic) bond motifs is 1. The highest BCUT2D eigenvalue weighted by atomic mass is 16.3. The van der Waals surface area contributed by atoms with Crippen LogP contribution in [0.25, 0.3) is 6.08 Å². The minimum atomic E-state index is -0.285. The summed E-state index contributed by atoms with van der Waals surface area (Å²) < 4.78 is 0. The van der Waals surface area contributed by atoms with Crippen molar-refractivity contribution in [1.82, 2.24) is 15.3 Å². The van der Waals surface area contributed by atoms with E-state index in [1.165, 1.54) is 4.90 Å². The zero-order valence-corrected chi connectivity index (χ0v) is 16.4. The number of nitrogens with zero attached hydrogens (tertiary/aromatic N) is 3. The van der Waals surface area contributed by atoms with Gasteiger partial charge in [-0.05, 0) is 53.1 Å². The Bertz CT molecular complexity index is 1140. The smallest absolute Gasteiger partial charge is 0.270 e. The summed E-state index contributed by atoms with van der Waals surface area (Å²) in [6, 6.07) is 12.1. The first-order valence-corrected chi connectivity index (χ1v) is 9.45. The van der Waals surface area contributed by atoms with E-state index >= 15 is 0 Å². The van der Waals surface area contributed by atoms with Gasteiger partial charge in [0.25, 0.3) is 11.8 Å². The Kier molecular flexibility index (Phi) is 5.26. The molecule has 0 aliphatic carbocycles. The summed E-state index contributed by atoms with van der Waals surface area (Å²) in [6.07, 6.45) is 7.03. The lowest BCUT2D eigenvalue weighted by Gasteiger charge is -2.27. The monoisotopic (exact) mass is 400 g/mol. The van der Waals surface area contributed by atoms with Crippen molar-refractivity contribution in [3.05, 3.63) is 89.0 Å². The van der Waals surface area contributed by atoms with Gasteiger partial charge >= 0.3 is 0 Å². The van der Waals surface area contributed by atoms with Crippen LogP contribution in [0.3, 0.4) is 0 Å². The van der Waals surface area contributed by atoms with E-state index in [9.17, 15) is 14.7 Å². The average Bonchev–Trinajstić information content (AvgIpc) is 2.76. The third-order valence-electron chi connectivity index (χ3n) is 4.93. The molecule has 1 aliphatic rings. The van der Waals surface area contributed by atoms with Crippen molar-refractivity contribution in [2.45, 2.75) is 13.0 Å². The molecular weight excluding hydrogens is 380 g/mol. The predicted octanol–water partition coefficient (Wildman–Crippen LogP) is 2.71. The van der Waals surface area contributed by atoms with Gasteiger partial charge in [0.05, 0.1) is 11.9 Å². The number of carbonyl (C=O) groups is 2. The molecule has 2 N–H and O–H groups in total. The van der Waals surface area contributed by atoms with Gasteiger partial charge < -0.3 is 15.3 Å². The summed E-state index contributed by atoms with van der Waals surface area (Å²) in [5.41, 5.74) is 4.07. The van der Waals surface area contributed by atoms with Crippen LogP contribution in [0.1, 0.15) is 27.2 Å². The van der Waals surface area contributed by atoms with Gasteiger partial charge in [-0.1, -0.05) is 12.1 Å². The van der Waals surface area contributed by atoms with Gasteiger partial charge in [-0.3, -0.25) is 14.6 Å². The molecule has 0 saturated heterocycles. The fraction of sp³-hybridized carbons (Fsp3) is 0.130. The zero-order chi connectivity index (χ0) is 21.1. The molecular formula is C23H20N4O3. The molecule has 0 saturated carbocycles. The van der Waals surface area contributed by atoms with Crippen LogP contribution in [0, 0.1) is 0 Å².